The summed E-state index contributed by atoms with van der Waals surface area (Å²) in [6.45, 7) is 2.23. The highest BCUT2D eigenvalue weighted by atomic mass is 16.6. The third kappa shape index (κ3) is 3.73. The number of para-hydroxylation sites is 2. The second kappa shape index (κ2) is 7.95. The Hall–Kier alpha value is -3.62. The van der Waals surface area contributed by atoms with Crippen LogP contribution in [-0.2, 0) is 6.54 Å². The van der Waals surface area contributed by atoms with Gasteiger partial charge in [-0.25, -0.2) is 4.98 Å². The normalized spacial score (nSPS) is 10.7. The Balaban J connectivity index is 1.92. The van der Waals surface area contributed by atoms with Crippen LogP contribution in [0.3, 0.4) is 0 Å². The highest BCUT2D eigenvalue weighted by Gasteiger charge is 2.27. The fourth-order valence-electron chi connectivity index (χ4n) is 2.88. The van der Waals surface area contributed by atoms with E-state index in [1.165, 1.54) is 24.1 Å². The second-order valence-corrected chi connectivity index (χ2v) is 6.07. The summed E-state index contributed by atoms with van der Waals surface area (Å²) in [5.74, 6) is 0.534. The van der Waals surface area contributed by atoms with Gasteiger partial charge in [-0.3, -0.25) is 14.9 Å². The number of fused-ring (bicyclic) bond motifs is 1. The SMILES string of the molecule is CCOc1cc([N+](=O)[O-])c(C(=O)N(C)Cc2nc3ccccc3[nH]2)cc1OC. The van der Waals surface area contributed by atoms with E-state index in [1.54, 1.807) is 14.0 Å². The fourth-order valence-corrected chi connectivity index (χ4v) is 2.88. The Bertz CT molecular complexity index is 997. The van der Waals surface area contributed by atoms with Crippen LogP contribution in [-0.4, -0.2) is 46.5 Å². The number of carbonyl (C=O) groups excluding carboxylic acids is 1. The largest absolute Gasteiger partial charge is 0.493 e. The molecule has 0 unspecified atom stereocenters. The van der Waals surface area contributed by atoms with Crippen LogP contribution in [0.2, 0.25) is 0 Å². The zero-order valence-corrected chi connectivity index (χ0v) is 15.8. The highest BCUT2D eigenvalue weighted by molar-refractivity contribution is 5.99. The van der Waals surface area contributed by atoms with Crippen molar-refractivity contribution in [1.82, 2.24) is 14.9 Å². The molecule has 1 heterocycles. The lowest BCUT2D eigenvalue weighted by Gasteiger charge is -2.17. The number of nitrogens with zero attached hydrogens (tertiary/aromatic N) is 3. The molecule has 0 saturated carbocycles. The number of aromatic nitrogens is 2. The van der Waals surface area contributed by atoms with Gasteiger partial charge >= 0.3 is 0 Å². The van der Waals surface area contributed by atoms with Gasteiger partial charge in [0.15, 0.2) is 11.5 Å². The number of imidazole rings is 1. The number of aromatic amines is 1. The van der Waals surface area contributed by atoms with Crippen molar-refractivity contribution in [2.24, 2.45) is 0 Å². The molecule has 0 radical (unpaired) electrons. The molecular formula is C19H20N4O5. The Morgan fingerprint density at radius 1 is 1.29 bits per heavy atom. The standard InChI is InChI=1S/C19H20N4O5/c1-4-28-17-10-15(23(25)26)12(9-16(17)27-3)19(24)22(2)11-18-20-13-7-5-6-8-14(13)21-18/h5-10H,4,11H2,1-3H3,(H,20,21). The first-order chi connectivity index (χ1) is 13.4. The molecular weight excluding hydrogens is 364 g/mol. The van der Waals surface area contributed by atoms with Gasteiger partial charge < -0.3 is 19.4 Å². The molecule has 0 aliphatic heterocycles. The van der Waals surface area contributed by atoms with Gasteiger partial charge in [0.25, 0.3) is 11.6 Å². The van der Waals surface area contributed by atoms with Gasteiger partial charge in [0.05, 0.1) is 42.3 Å². The third-order valence-corrected chi connectivity index (χ3v) is 4.18. The summed E-state index contributed by atoms with van der Waals surface area (Å²) < 4.78 is 10.6. The van der Waals surface area contributed by atoms with Crippen molar-refractivity contribution in [1.29, 1.82) is 0 Å². The van der Waals surface area contributed by atoms with E-state index in [4.69, 9.17) is 9.47 Å². The van der Waals surface area contributed by atoms with E-state index in [0.29, 0.717) is 12.4 Å². The van der Waals surface area contributed by atoms with Crippen molar-refractivity contribution in [3.8, 4) is 11.5 Å². The van der Waals surface area contributed by atoms with Gasteiger partial charge in [0.1, 0.15) is 11.4 Å². The molecule has 0 saturated heterocycles. The van der Waals surface area contributed by atoms with Gasteiger partial charge in [0.2, 0.25) is 0 Å². The van der Waals surface area contributed by atoms with Crippen molar-refractivity contribution >= 4 is 22.6 Å². The number of rotatable bonds is 7. The Labute approximate surface area is 161 Å². The molecule has 1 N–H and O–H groups in total. The minimum Gasteiger partial charge on any atom is -0.493 e. The number of nitro benzene ring substituents is 1. The molecule has 0 spiro atoms. The van der Waals surface area contributed by atoms with Crippen LogP contribution < -0.4 is 9.47 Å². The zero-order valence-electron chi connectivity index (χ0n) is 15.8. The van der Waals surface area contributed by atoms with Crippen molar-refractivity contribution in [3.05, 3.63) is 57.9 Å². The maximum absolute atomic E-state index is 12.9. The van der Waals surface area contributed by atoms with E-state index < -0.39 is 10.8 Å². The molecule has 0 fully saturated rings. The number of nitro groups is 1. The number of hydrogen-bond donors (Lipinski definition) is 1. The Morgan fingerprint density at radius 2 is 2.04 bits per heavy atom. The molecule has 28 heavy (non-hydrogen) atoms. The first kappa shape index (κ1) is 19.2. The van der Waals surface area contributed by atoms with E-state index in [-0.39, 0.29) is 29.3 Å². The van der Waals surface area contributed by atoms with E-state index in [1.807, 2.05) is 24.3 Å². The molecule has 3 rings (SSSR count). The third-order valence-electron chi connectivity index (χ3n) is 4.18. The number of amides is 1. The molecule has 2 aromatic carbocycles. The second-order valence-electron chi connectivity index (χ2n) is 6.07. The minimum atomic E-state index is -0.607. The van der Waals surface area contributed by atoms with Crippen LogP contribution in [0.25, 0.3) is 11.0 Å². The summed E-state index contributed by atoms with van der Waals surface area (Å²) in [6, 6.07) is 10.0. The van der Waals surface area contributed by atoms with E-state index in [0.717, 1.165) is 11.0 Å². The summed E-state index contributed by atoms with van der Waals surface area (Å²) in [5, 5.41) is 11.5. The predicted molar refractivity (Wildman–Crippen MR) is 103 cm³/mol. The average molecular weight is 384 g/mol. The molecule has 9 heteroatoms. The summed E-state index contributed by atoms with van der Waals surface area (Å²) in [7, 11) is 2.97. The zero-order chi connectivity index (χ0) is 20.3. The van der Waals surface area contributed by atoms with E-state index in [2.05, 4.69) is 9.97 Å². The topological polar surface area (TPSA) is 111 Å². The lowest BCUT2D eigenvalue weighted by atomic mass is 10.1. The van der Waals surface area contributed by atoms with E-state index in [9.17, 15) is 14.9 Å². The van der Waals surface area contributed by atoms with Gasteiger partial charge in [-0.05, 0) is 19.1 Å². The minimum absolute atomic E-state index is 0.0797. The number of methoxy groups -OCH3 is 1. The van der Waals surface area contributed by atoms with Crippen molar-refractivity contribution in [2.75, 3.05) is 20.8 Å². The van der Waals surface area contributed by atoms with Crippen LogP contribution in [0.15, 0.2) is 36.4 Å². The first-order valence-electron chi connectivity index (χ1n) is 8.63. The van der Waals surface area contributed by atoms with Crippen LogP contribution in [0.4, 0.5) is 5.69 Å². The maximum Gasteiger partial charge on any atom is 0.286 e. The Kier molecular flexibility index (Phi) is 5.44. The van der Waals surface area contributed by atoms with Crippen molar-refractivity contribution < 1.29 is 19.2 Å². The number of carbonyl (C=O) groups is 1. The molecule has 1 amide bonds. The van der Waals surface area contributed by atoms with Gasteiger partial charge in [-0.2, -0.15) is 0 Å². The van der Waals surface area contributed by atoms with Crippen molar-refractivity contribution in [3.63, 3.8) is 0 Å². The smallest absolute Gasteiger partial charge is 0.286 e. The molecule has 0 bridgehead atoms. The van der Waals surface area contributed by atoms with Crippen LogP contribution in [0.5, 0.6) is 11.5 Å². The van der Waals surface area contributed by atoms with E-state index >= 15 is 0 Å². The average Bonchev–Trinajstić information content (AvgIpc) is 3.09. The summed E-state index contributed by atoms with van der Waals surface area (Å²) in [4.78, 5) is 32.7. The highest BCUT2D eigenvalue weighted by Crippen LogP contribution is 2.35. The summed E-state index contributed by atoms with van der Waals surface area (Å²) in [6.07, 6.45) is 0. The Morgan fingerprint density at radius 3 is 2.68 bits per heavy atom. The lowest BCUT2D eigenvalue weighted by Crippen LogP contribution is -2.27. The van der Waals surface area contributed by atoms with Crippen LogP contribution in [0, 0.1) is 10.1 Å². The summed E-state index contributed by atoms with van der Waals surface area (Å²) >= 11 is 0. The summed E-state index contributed by atoms with van der Waals surface area (Å²) in [5.41, 5.74) is 1.22. The van der Waals surface area contributed by atoms with Crippen LogP contribution >= 0.6 is 0 Å². The number of H-pyrrole nitrogens is 1. The van der Waals surface area contributed by atoms with Gasteiger partial charge in [-0.1, -0.05) is 12.1 Å². The van der Waals surface area contributed by atoms with Gasteiger partial charge in [0, 0.05) is 13.1 Å². The van der Waals surface area contributed by atoms with Gasteiger partial charge in [-0.15, -0.1) is 0 Å². The number of benzene rings is 2. The maximum atomic E-state index is 12.9. The van der Waals surface area contributed by atoms with Crippen LogP contribution in [0.1, 0.15) is 23.1 Å². The number of hydrogen-bond acceptors (Lipinski definition) is 6. The molecule has 1 aromatic heterocycles. The number of ether oxygens (including phenoxy) is 2. The predicted octanol–water partition coefficient (Wildman–Crippen LogP) is 3.15. The molecule has 0 aliphatic carbocycles. The molecule has 9 nitrogen and oxygen atoms in total. The molecule has 146 valence electrons. The molecule has 0 atom stereocenters. The van der Waals surface area contributed by atoms with Crippen molar-refractivity contribution in [2.45, 2.75) is 13.5 Å². The molecule has 3 aromatic rings. The lowest BCUT2D eigenvalue weighted by molar-refractivity contribution is -0.385. The quantitative estimate of drug-likeness (QED) is 0.495. The first-order valence-corrected chi connectivity index (χ1v) is 8.63. The monoisotopic (exact) mass is 384 g/mol. The fraction of sp³-hybridized carbons (Fsp3) is 0.263. The number of nitrogens with one attached hydrogen (secondary N) is 1. The molecule has 0 aliphatic rings.